The van der Waals surface area contributed by atoms with Gasteiger partial charge >= 0.3 is 12.1 Å². The molecule has 0 aliphatic heterocycles. The highest BCUT2D eigenvalue weighted by Crippen LogP contribution is 2.04. The molecule has 0 aromatic heterocycles. The van der Waals surface area contributed by atoms with Gasteiger partial charge in [-0.3, -0.25) is 0 Å². The fraction of sp³-hybridized carbons (Fsp3) is 0.846. The van der Waals surface area contributed by atoms with Crippen molar-refractivity contribution in [3.63, 3.8) is 0 Å². The monoisotopic (exact) mass is 325 g/mol. The minimum atomic E-state index is -0.660. The lowest BCUT2D eigenvalue weighted by Crippen LogP contribution is -2.42. The molecular formula is C13H24ClNO4S. The Balaban J connectivity index is 4.16. The van der Waals surface area contributed by atoms with Crippen molar-refractivity contribution in [2.45, 2.75) is 38.6 Å². The second-order valence-electron chi connectivity index (χ2n) is 4.18. The van der Waals surface area contributed by atoms with Crippen molar-refractivity contribution in [2.24, 2.45) is 0 Å². The Hall–Kier alpha value is -0.620. The van der Waals surface area contributed by atoms with Crippen molar-refractivity contribution in [3.8, 4) is 0 Å². The van der Waals surface area contributed by atoms with Crippen LogP contribution in [-0.2, 0) is 14.3 Å². The fourth-order valence-electron chi connectivity index (χ4n) is 1.43. The minimum Gasteiger partial charge on any atom is -0.464 e. The van der Waals surface area contributed by atoms with Gasteiger partial charge in [0.25, 0.3) is 0 Å². The molecule has 20 heavy (non-hydrogen) atoms. The number of alkyl halides is 1. The van der Waals surface area contributed by atoms with Gasteiger partial charge in [-0.15, -0.1) is 11.6 Å². The topological polar surface area (TPSA) is 64.6 Å². The highest BCUT2D eigenvalue weighted by atomic mass is 35.5. The molecule has 0 aliphatic carbocycles. The molecule has 1 N–H and O–H groups in total. The Labute approximate surface area is 130 Å². The SMILES string of the molecule is CCCCCOC(=O)C(CCSC)NC(=O)OCCCl. The lowest BCUT2D eigenvalue weighted by molar-refractivity contribution is -0.146. The van der Waals surface area contributed by atoms with E-state index in [2.05, 4.69) is 12.2 Å². The summed E-state index contributed by atoms with van der Waals surface area (Å²) in [5.41, 5.74) is 0. The van der Waals surface area contributed by atoms with E-state index in [0.717, 1.165) is 25.0 Å². The summed E-state index contributed by atoms with van der Waals surface area (Å²) in [6.45, 7) is 2.59. The maximum atomic E-state index is 11.9. The molecule has 0 fully saturated rings. The number of esters is 1. The van der Waals surface area contributed by atoms with Gasteiger partial charge in [-0.05, 0) is 24.9 Å². The van der Waals surface area contributed by atoms with E-state index in [0.29, 0.717) is 13.0 Å². The van der Waals surface area contributed by atoms with Crippen molar-refractivity contribution in [1.82, 2.24) is 5.32 Å². The van der Waals surface area contributed by atoms with Crippen LogP contribution in [0.3, 0.4) is 0 Å². The number of carbonyl (C=O) groups is 2. The van der Waals surface area contributed by atoms with Crippen LogP contribution in [0.4, 0.5) is 4.79 Å². The van der Waals surface area contributed by atoms with Gasteiger partial charge in [-0.25, -0.2) is 9.59 Å². The van der Waals surface area contributed by atoms with Crippen LogP contribution in [-0.4, -0.2) is 49.2 Å². The molecule has 1 amide bonds. The standard InChI is InChI=1S/C13H24ClNO4S/c1-3-4-5-8-18-12(16)11(6-10-20-2)15-13(17)19-9-7-14/h11H,3-10H2,1-2H3,(H,15,17). The average molecular weight is 326 g/mol. The average Bonchev–Trinajstić information content (AvgIpc) is 2.45. The van der Waals surface area contributed by atoms with Crippen LogP contribution in [0.15, 0.2) is 0 Å². The van der Waals surface area contributed by atoms with Crippen molar-refractivity contribution in [2.75, 3.05) is 31.1 Å². The predicted octanol–water partition coefficient (Wildman–Crippen LogP) is 2.81. The van der Waals surface area contributed by atoms with Crippen molar-refractivity contribution in [3.05, 3.63) is 0 Å². The summed E-state index contributed by atoms with van der Waals surface area (Å²) in [6.07, 6.45) is 4.75. The lowest BCUT2D eigenvalue weighted by atomic mass is 10.2. The third-order valence-electron chi connectivity index (χ3n) is 2.49. The second-order valence-corrected chi connectivity index (χ2v) is 5.54. The highest BCUT2D eigenvalue weighted by Gasteiger charge is 2.22. The molecular weight excluding hydrogens is 302 g/mol. The van der Waals surface area contributed by atoms with Crippen molar-refractivity contribution < 1.29 is 19.1 Å². The van der Waals surface area contributed by atoms with Gasteiger partial charge < -0.3 is 14.8 Å². The van der Waals surface area contributed by atoms with Crippen LogP contribution in [0.2, 0.25) is 0 Å². The number of nitrogens with one attached hydrogen (secondary N) is 1. The van der Waals surface area contributed by atoms with Gasteiger partial charge in [0, 0.05) is 0 Å². The van der Waals surface area contributed by atoms with E-state index in [1.165, 1.54) is 0 Å². The number of hydrogen-bond donors (Lipinski definition) is 1. The normalized spacial score (nSPS) is 11.8. The van der Waals surface area contributed by atoms with Gasteiger partial charge in [0.2, 0.25) is 0 Å². The first kappa shape index (κ1) is 19.4. The van der Waals surface area contributed by atoms with Gasteiger partial charge in [0.15, 0.2) is 0 Å². The van der Waals surface area contributed by atoms with Gasteiger partial charge in [-0.2, -0.15) is 11.8 Å². The zero-order valence-corrected chi connectivity index (χ0v) is 13.7. The van der Waals surface area contributed by atoms with Crippen LogP contribution in [0.5, 0.6) is 0 Å². The van der Waals surface area contributed by atoms with Crippen LogP contribution in [0, 0.1) is 0 Å². The van der Waals surface area contributed by atoms with Crippen LogP contribution < -0.4 is 5.32 Å². The lowest BCUT2D eigenvalue weighted by Gasteiger charge is -2.17. The Morgan fingerprint density at radius 2 is 2.00 bits per heavy atom. The largest absolute Gasteiger partial charge is 0.464 e. The van der Waals surface area contributed by atoms with E-state index in [1.54, 1.807) is 11.8 Å². The quantitative estimate of drug-likeness (QED) is 0.359. The maximum absolute atomic E-state index is 11.9. The summed E-state index contributed by atoms with van der Waals surface area (Å²) in [4.78, 5) is 23.3. The van der Waals surface area contributed by atoms with Crippen molar-refractivity contribution in [1.29, 1.82) is 0 Å². The fourth-order valence-corrected chi connectivity index (χ4v) is 1.97. The highest BCUT2D eigenvalue weighted by molar-refractivity contribution is 7.98. The van der Waals surface area contributed by atoms with E-state index >= 15 is 0 Å². The molecule has 0 bridgehead atoms. The molecule has 1 atom stereocenters. The summed E-state index contributed by atoms with van der Waals surface area (Å²) < 4.78 is 9.96. The molecule has 0 saturated heterocycles. The van der Waals surface area contributed by atoms with E-state index in [-0.39, 0.29) is 12.5 Å². The number of amides is 1. The molecule has 5 nitrogen and oxygen atoms in total. The van der Waals surface area contributed by atoms with Gasteiger partial charge in [-0.1, -0.05) is 19.8 Å². The molecule has 0 aliphatic rings. The summed E-state index contributed by atoms with van der Waals surface area (Å²) in [6, 6.07) is -0.660. The Morgan fingerprint density at radius 3 is 2.60 bits per heavy atom. The Morgan fingerprint density at radius 1 is 1.25 bits per heavy atom. The maximum Gasteiger partial charge on any atom is 0.407 e. The second kappa shape index (κ2) is 13.4. The Bertz CT molecular complexity index is 279. The smallest absolute Gasteiger partial charge is 0.407 e. The van der Waals surface area contributed by atoms with Gasteiger partial charge in [0.1, 0.15) is 12.6 Å². The van der Waals surface area contributed by atoms with Crippen LogP contribution >= 0.6 is 23.4 Å². The molecule has 0 aromatic carbocycles. The van der Waals surface area contributed by atoms with Crippen LogP contribution in [0.25, 0.3) is 0 Å². The first-order valence-corrected chi connectivity index (χ1v) is 8.73. The zero-order valence-electron chi connectivity index (χ0n) is 12.2. The van der Waals surface area contributed by atoms with E-state index in [4.69, 9.17) is 21.1 Å². The predicted molar refractivity (Wildman–Crippen MR) is 82.5 cm³/mol. The summed E-state index contributed by atoms with van der Waals surface area (Å²) in [5.74, 6) is 0.576. The van der Waals surface area contributed by atoms with E-state index < -0.39 is 18.1 Å². The first-order chi connectivity index (χ1) is 9.65. The number of halogens is 1. The third-order valence-corrected chi connectivity index (χ3v) is 3.29. The number of alkyl carbamates (subject to hydrolysis) is 1. The number of ether oxygens (including phenoxy) is 2. The summed E-state index contributed by atoms with van der Waals surface area (Å²) in [7, 11) is 0. The van der Waals surface area contributed by atoms with Crippen molar-refractivity contribution >= 4 is 35.4 Å². The molecule has 0 rings (SSSR count). The summed E-state index contributed by atoms with van der Waals surface area (Å²) >= 11 is 7.03. The number of hydrogen-bond acceptors (Lipinski definition) is 5. The Kier molecular flexibility index (Phi) is 13.0. The zero-order chi connectivity index (χ0) is 15.2. The van der Waals surface area contributed by atoms with Gasteiger partial charge in [0.05, 0.1) is 12.5 Å². The number of thioether (sulfide) groups is 1. The molecule has 0 aromatic rings. The number of carbonyl (C=O) groups excluding carboxylic acids is 2. The molecule has 0 saturated carbocycles. The summed E-state index contributed by atoms with van der Waals surface area (Å²) in [5, 5.41) is 2.52. The first-order valence-electron chi connectivity index (χ1n) is 6.80. The van der Waals surface area contributed by atoms with E-state index in [1.807, 2.05) is 6.26 Å². The molecule has 7 heteroatoms. The number of rotatable bonds is 11. The molecule has 0 heterocycles. The molecule has 0 spiro atoms. The molecule has 1 unspecified atom stereocenters. The van der Waals surface area contributed by atoms with Crippen LogP contribution in [0.1, 0.15) is 32.6 Å². The third kappa shape index (κ3) is 10.2. The molecule has 118 valence electrons. The molecule has 0 radical (unpaired) electrons. The minimum absolute atomic E-state index is 0.119. The number of unbranched alkanes of at least 4 members (excludes halogenated alkanes) is 2. The van der Waals surface area contributed by atoms with E-state index in [9.17, 15) is 9.59 Å².